The first kappa shape index (κ1) is 13.9. The first-order valence-electron chi connectivity index (χ1n) is 5.53. The summed E-state index contributed by atoms with van der Waals surface area (Å²) in [6.07, 6.45) is -4.53. The van der Waals surface area contributed by atoms with Crippen molar-refractivity contribution < 1.29 is 17.6 Å². The number of benzene rings is 1. The molecule has 1 atom stereocenters. The topological polar surface area (TPSA) is 12.0 Å². The molecule has 0 amide bonds. The van der Waals surface area contributed by atoms with E-state index in [0.717, 1.165) is 17.7 Å². The maximum atomic E-state index is 13.6. The van der Waals surface area contributed by atoms with E-state index in [-0.39, 0.29) is 11.7 Å². The SMILES string of the molecule is CC(Nc1ccc(C(F)(F)F)cc1F)c1ccsc1. The summed E-state index contributed by atoms with van der Waals surface area (Å²) in [6.45, 7) is 1.82. The molecule has 0 spiro atoms. The van der Waals surface area contributed by atoms with Crippen LogP contribution < -0.4 is 5.32 Å². The predicted octanol–water partition coefficient (Wildman–Crippen LogP) is 5.08. The molecule has 2 aromatic rings. The highest BCUT2D eigenvalue weighted by Gasteiger charge is 2.31. The fraction of sp³-hybridized carbons (Fsp3) is 0.231. The van der Waals surface area contributed by atoms with Gasteiger partial charge in [0.05, 0.1) is 11.3 Å². The van der Waals surface area contributed by atoms with Gasteiger partial charge >= 0.3 is 6.18 Å². The molecule has 6 heteroatoms. The lowest BCUT2D eigenvalue weighted by atomic mass is 10.1. The van der Waals surface area contributed by atoms with Gasteiger partial charge in [0.1, 0.15) is 5.82 Å². The Bertz CT molecular complexity index is 548. The largest absolute Gasteiger partial charge is 0.416 e. The lowest BCUT2D eigenvalue weighted by molar-refractivity contribution is -0.137. The Labute approximate surface area is 111 Å². The molecule has 1 aromatic heterocycles. The van der Waals surface area contributed by atoms with Crippen molar-refractivity contribution in [1.82, 2.24) is 0 Å². The molecule has 1 nitrogen and oxygen atoms in total. The Hall–Kier alpha value is -1.56. The summed E-state index contributed by atoms with van der Waals surface area (Å²) >= 11 is 1.51. The second-order valence-electron chi connectivity index (χ2n) is 4.12. The van der Waals surface area contributed by atoms with Crippen molar-refractivity contribution in [3.05, 3.63) is 52.0 Å². The maximum absolute atomic E-state index is 13.6. The van der Waals surface area contributed by atoms with Crippen molar-refractivity contribution in [2.24, 2.45) is 0 Å². The zero-order valence-electron chi connectivity index (χ0n) is 9.96. The van der Waals surface area contributed by atoms with Crippen LogP contribution in [0.2, 0.25) is 0 Å². The van der Waals surface area contributed by atoms with Gasteiger partial charge in [-0.05, 0) is 47.5 Å². The molecule has 0 radical (unpaired) electrons. The van der Waals surface area contributed by atoms with Gasteiger partial charge in [-0.2, -0.15) is 24.5 Å². The summed E-state index contributed by atoms with van der Waals surface area (Å²) in [4.78, 5) is 0. The molecule has 0 aliphatic heterocycles. The average molecular weight is 289 g/mol. The Balaban J connectivity index is 2.18. The van der Waals surface area contributed by atoms with Crippen LogP contribution in [0, 0.1) is 5.82 Å². The molecule has 0 aliphatic carbocycles. The number of alkyl halides is 3. The molecule has 0 bridgehead atoms. The van der Waals surface area contributed by atoms with Crippen LogP contribution in [0.5, 0.6) is 0 Å². The van der Waals surface area contributed by atoms with E-state index >= 15 is 0 Å². The molecule has 2 rings (SSSR count). The van der Waals surface area contributed by atoms with Crippen molar-refractivity contribution in [1.29, 1.82) is 0 Å². The van der Waals surface area contributed by atoms with Crippen molar-refractivity contribution >= 4 is 17.0 Å². The van der Waals surface area contributed by atoms with Gasteiger partial charge in [-0.15, -0.1) is 0 Å². The highest BCUT2D eigenvalue weighted by Crippen LogP contribution is 2.32. The van der Waals surface area contributed by atoms with Gasteiger partial charge in [0.2, 0.25) is 0 Å². The van der Waals surface area contributed by atoms with Crippen LogP contribution in [-0.4, -0.2) is 0 Å². The molecule has 102 valence electrons. The van der Waals surface area contributed by atoms with E-state index in [1.165, 1.54) is 11.3 Å². The molecule has 0 fully saturated rings. The van der Waals surface area contributed by atoms with Gasteiger partial charge in [0.15, 0.2) is 0 Å². The van der Waals surface area contributed by atoms with Gasteiger partial charge in [-0.25, -0.2) is 4.39 Å². The van der Waals surface area contributed by atoms with Gasteiger partial charge in [-0.3, -0.25) is 0 Å². The first-order chi connectivity index (χ1) is 8.88. The molecule has 1 unspecified atom stereocenters. The molecule has 19 heavy (non-hydrogen) atoms. The minimum Gasteiger partial charge on any atom is -0.376 e. The van der Waals surface area contributed by atoms with Crippen LogP contribution in [0.4, 0.5) is 23.2 Å². The third kappa shape index (κ3) is 3.26. The second kappa shape index (κ2) is 5.21. The van der Waals surface area contributed by atoms with Crippen molar-refractivity contribution in [3.8, 4) is 0 Å². The smallest absolute Gasteiger partial charge is 0.376 e. The van der Waals surface area contributed by atoms with Gasteiger partial charge in [0, 0.05) is 6.04 Å². The summed E-state index contributed by atoms with van der Waals surface area (Å²) in [5.41, 5.74) is 0.0368. The predicted molar refractivity (Wildman–Crippen MR) is 67.8 cm³/mol. The Morgan fingerprint density at radius 3 is 2.47 bits per heavy atom. The third-order valence-electron chi connectivity index (χ3n) is 2.71. The Kier molecular flexibility index (Phi) is 3.80. The highest BCUT2D eigenvalue weighted by molar-refractivity contribution is 7.07. The van der Waals surface area contributed by atoms with Crippen LogP contribution in [0.15, 0.2) is 35.0 Å². The number of halogens is 4. The molecule has 1 aromatic carbocycles. The average Bonchev–Trinajstić information content (AvgIpc) is 2.84. The maximum Gasteiger partial charge on any atom is 0.416 e. The fourth-order valence-electron chi connectivity index (χ4n) is 1.65. The number of rotatable bonds is 3. The van der Waals surface area contributed by atoms with E-state index in [4.69, 9.17) is 0 Å². The lowest BCUT2D eigenvalue weighted by Crippen LogP contribution is -2.09. The van der Waals surface area contributed by atoms with E-state index in [0.29, 0.717) is 6.07 Å². The van der Waals surface area contributed by atoms with E-state index < -0.39 is 17.6 Å². The molecular weight excluding hydrogens is 278 g/mol. The summed E-state index contributed by atoms with van der Waals surface area (Å²) in [5.74, 6) is -0.906. The Morgan fingerprint density at radius 2 is 1.95 bits per heavy atom. The normalized spacial score (nSPS) is 13.3. The molecular formula is C13H11F4NS. The Morgan fingerprint density at radius 1 is 1.21 bits per heavy atom. The van der Waals surface area contributed by atoms with Crippen LogP contribution in [0.3, 0.4) is 0 Å². The molecule has 0 aliphatic rings. The lowest BCUT2D eigenvalue weighted by Gasteiger charge is -2.16. The molecule has 0 saturated heterocycles. The van der Waals surface area contributed by atoms with Crippen molar-refractivity contribution in [3.63, 3.8) is 0 Å². The minimum absolute atomic E-state index is 0.0618. The minimum atomic E-state index is -4.53. The van der Waals surface area contributed by atoms with Gasteiger partial charge in [0.25, 0.3) is 0 Å². The standard InChI is InChI=1S/C13H11F4NS/c1-8(9-4-5-19-7-9)18-12-3-2-10(6-11(12)14)13(15,16)17/h2-8,18H,1H3. The highest BCUT2D eigenvalue weighted by atomic mass is 32.1. The second-order valence-corrected chi connectivity index (χ2v) is 4.90. The summed E-state index contributed by atoms with van der Waals surface area (Å²) in [5, 5.41) is 6.64. The van der Waals surface area contributed by atoms with E-state index in [1.54, 1.807) is 0 Å². The van der Waals surface area contributed by atoms with E-state index in [2.05, 4.69) is 5.32 Å². The van der Waals surface area contributed by atoms with Gasteiger partial charge in [-0.1, -0.05) is 0 Å². The summed E-state index contributed by atoms with van der Waals surface area (Å²) in [7, 11) is 0. The van der Waals surface area contributed by atoms with Crippen LogP contribution in [0.25, 0.3) is 0 Å². The number of nitrogens with one attached hydrogen (secondary N) is 1. The van der Waals surface area contributed by atoms with E-state index in [9.17, 15) is 17.6 Å². The molecule has 0 saturated carbocycles. The summed E-state index contributed by atoms with van der Waals surface area (Å²) < 4.78 is 50.8. The zero-order valence-corrected chi connectivity index (χ0v) is 10.8. The number of anilines is 1. The van der Waals surface area contributed by atoms with Crippen LogP contribution >= 0.6 is 11.3 Å². The molecule has 1 heterocycles. The third-order valence-corrected chi connectivity index (χ3v) is 3.41. The fourth-order valence-corrected chi connectivity index (χ4v) is 2.40. The number of hydrogen-bond acceptors (Lipinski definition) is 2. The quantitative estimate of drug-likeness (QED) is 0.777. The van der Waals surface area contributed by atoms with Gasteiger partial charge < -0.3 is 5.32 Å². The zero-order chi connectivity index (χ0) is 14.0. The number of thiophene rings is 1. The monoisotopic (exact) mass is 289 g/mol. The van der Waals surface area contributed by atoms with E-state index in [1.807, 2.05) is 23.8 Å². The number of hydrogen-bond donors (Lipinski definition) is 1. The van der Waals surface area contributed by atoms with Crippen molar-refractivity contribution in [2.45, 2.75) is 19.1 Å². The first-order valence-corrected chi connectivity index (χ1v) is 6.47. The summed E-state index contributed by atoms with van der Waals surface area (Å²) in [6, 6.07) is 4.19. The van der Waals surface area contributed by atoms with Crippen LogP contribution in [0.1, 0.15) is 24.1 Å². The van der Waals surface area contributed by atoms with Crippen LogP contribution in [-0.2, 0) is 6.18 Å². The van der Waals surface area contributed by atoms with Crippen molar-refractivity contribution in [2.75, 3.05) is 5.32 Å². The molecule has 1 N–H and O–H groups in total.